The maximum Gasteiger partial charge on any atom is 0.376 e. The van der Waals surface area contributed by atoms with Gasteiger partial charge in [0.1, 0.15) is 5.39 Å². The minimum Gasteiger partial charge on any atom is -0.463 e. The van der Waals surface area contributed by atoms with Gasteiger partial charge in [0.05, 0.1) is 12.8 Å². The zero-order valence-corrected chi connectivity index (χ0v) is 11.6. The number of hydrogen-bond acceptors (Lipinski definition) is 5. The summed E-state index contributed by atoms with van der Waals surface area (Å²) in [6.07, 6.45) is 1.29. The average molecular weight is 305 g/mol. The van der Waals surface area contributed by atoms with E-state index in [0.717, 1.165) is 0 Å². The van der Waals surface area contributed by atoms with Crippen molar-refractivity contribution in [3.8, 4) is 5.69 Å². The van der Waals surface area contributed by atoms with Crippen LogP contribution in [0.15, 0.2) is 35.3 Å². The molecule has 8 heteroatoms. The number of hydrogen-bond donors (Lipinski definition) is 1. The summed E-state index contributed by atoms with van der Waals surface area (Å²) in [5.74, 6) is -0.792. The second kappa shape index (κ2) is 5.02. The number of esters is 1. The van der Waals surface area contributed by atoms with Crippen molar-refractivity contribution in [2.24, 2.45) is 0 Å². The molecule has 21 heavy (non-hydrogen) atoms. The van der Waals surface area contributed by atoms with Crippen LogP contribution < -0.4 is 5.56 Å². The molecule has 0 saturated heterocycles. The number of fused-ring (bicyclic) bond motifs is 1. The first-order valence-electron chi connectivity index (χ1n) is 5.92. The van der Waals surface area contributed by atoms with Crippen LogP contribution in [0.3, 0.4) is 0 Å². The number of rotatable bonds is 2. The highest BCUT2D eigenvalue weighted by Gasteiger charge is 2.15. The third kappa shape index (κ3) is 2.27. The van der Waals surface area contributed by atoms with Crippen LogP contribution in [0.25, 0.3) is 16.7 Å². The first kappa shape index (κ1) is 13.3. The highest BCUT2D eigenvalue weighted by Crippen LogP contribution is 2.16. The zero-order valence-electron chi connectivity index (χ0n) is 10.8. The van der Waals surface area contributed by atoms with Crippen LogP contribution in [0.2, 0.25) is 5.02 Å². The lowest BCUT2D eigenvalue weighted by Crippen LogP contribution is -2.08. The molecule has 0 saturated carbocycles. The zero-order chi connectivity index (χ0) is 15.0. The van der Waals surface area contributed by atoms with Gasteiger partial charge in [-0.05, 0) is 24.3 Å². The fraction of sp³-hybridized carbons (Fsp3) is 0.0769. The Balaban J connectivity index is 2.25. The second-order valence-electron chi connectivity index (χ2n) is 4.18. The summed E-state index contributed by atoms with van der Waals surface area (Å²) in [5, 5.41) is 3.48. The number of aromatic amines is 1. The van der Waals surface area contributed by atoms with E-state index in [2.05, 4.69) is 19.8 Å². The number of carbonyl (C=O) groups is 1. The van der Waals surface area contributed by atoms with Crippen molar-refractivity contribution < 1.29 is 9.53 Å². The van der Waals surface area contributed by atoms with E-state index < -0.39 is 5.97 Å². The number of halogens is 1. The third-order valence-corrected chi connectivity index (χ3v) is 3.14. The van der Waals surface area contributed by atoms with Gasteiger partial charge in [0, 0.05) is 11.2 Å². The summed E-state index contributed by atoms with van der Waals surface area (Å²) < 4.78 is 6.03. The van der Waals surface area contributed by atoms with Crippen LogP contribution in [0.4, 0.5) is 0 Å². The standard InChI is InChI=1S/C13H9ClN4O3/c1-21-13(20)10-15-6-9-11(16-10)18(17-12(9)19)8-4-2-7(14)3-5-8/h2-6H,1H3,(H,17,19). The first-order valence-corrected chi connectivity index (χ1v) is 6.30. The molecular formula is C13H9ClN4O3. The molecule has 0 atom stereocenters. The van der Waals surface area contributed by atoms with Gasteiger partial charge in [-0.1, -0.05) is 11.6 Å². The van der Waals surface area contributed by atoms with E-state index in [-0.39, 0.29) is 22.4 Å². The monoisotopic (exact) mass is 304 g/mol. The molecule has 0 radical (unpaired) electrons. The van der Waals surface area contributed by atoms with Crippen molar-refractivity contribution in [2.45, 2.75) is 0 Å². The van der Waals surface area contributed by atoms with Gasteiger partial charge in [0.2, 0.25) is 5.82 Å². The Morgan fingerprint density at radius 3 is 2.71 bits per heavy atom. The van der Waals surface area contributed by atoms with Gasteiger partial charge in [-0.25, -0.2) is 19.4 Å². The highest BCUT2D eigenvalue weighted by molar-refractivity contribution is 6.30. The van der Waals surface area contributed by atoms with Crippen molar-refractivity contribution >= 4 is 28.6 Å². The lowest BCUT2D eigenvalue weighted by Gasteiger charge is -2.04. The van der Waals surface area contributed by atoms with Crippen molar-refractivity contribution in [1.29, 1.82) is 0 Å². The number of nitrogens with zero attached hydrogens (tertiary/aromatic N) is 3. The predicted octanol–water partition coefficient (Wildman–Crippen LogP) is 1.55. The molecule has 3 aromatic rings. The van der Waals surface area contributed by atoms with E-state index >= 15 is 0 Å². The fourth-order valence-electron chi connectivity index (χ4n) is 1.88. The minimum atomic E-state index is -0.673. The molecule has 0 spiro atoms. The first-order chi connectivity index (χ1) is 10.1. The number of carbonyl (C=O) groups excluding carboxylic acids is 1. The molecular weight excluding hydrogens is 296 g/mol. The van der Waals surface area contributed by atoms with Crippen LogP contribution in [0.1, 0.15) is 10.6 Å². The van der Waals surface area contributed by atoms with Gasteiger partial charge in [0.15, 0.2) is 5.65 Å². The van der Waals surface area contributed by atoms with Crippen LogP contribution >= 0.6 is 11.6 Å². The van der Waals surface area contributed by atoms with E-state index in [1.54, 1.807) is 24.3 Å². The lowest BCUT2D eigenvalue weighted by molar-refractivity contribution is 0.0587. The number of benzene rings is 1. The fourth-order valence-corrected chi connectivity index (χ4v) is 2.01. The van der Waals surface area contributed by atoms with Crippen LogP contribution in [-0.2, 0) is 4.74 Å². The topological polar surface area (TPSA) is 89.9 Å². The normalized spacial score (nSPS) is 10.8. The van der Waals surface area contributed by atoms with E-state index in [1.165, 1.54) is 18.0 Å². The Morgan fingerprint density at radius 2 is 2.05 bits per heavy atom. The molecule has 7 nitrogen and oxygen atoms in total. The average Bonchev–Trinajstić information content (AvgIpc) is 2.84. The van der Waals surface area contributed by atoms with Crippen LogP contribution in [0, 0.1) is 0 Å². The molecule has 0 aliphatic carbocycles. The van der Waals surface area contributed by atoms with Crippen LogP contribution in [0.5, 0.6) is 0 Å². The molecule has 0 fully saturated rings. The number of aromatic nitrogens is 4. The molecule has 0 aliphatic rings. The summed E-state index contributed by atoms with van der Waals surface area (Å²) >= 11 is 5.84. The van der Waals surface area contributed by atoms with E-state index in [9.17, 15) is 9.59 Å². The molecule has 3 rings (SSSR count). The van der Waals surface area contributed by atoms with Gasteiger partial charge >= 0.3 is 5.97 Å². The number of H-pyrrole nitrogens is 1. The molecule has 0 amide bonds. The third-order valence-electron chi connectivity index (χ3n) is 2.89. The van der Waals surface area contributed by atoms with Crippen molar-refractivity contribution in [2.75, 3.05) is 7.11 Å². The summed E-state index contributed by atoms with van der Waals surface area (Å²) in [6.45, 7) is 0. The molecule has 0 unspecified atom stereocenters. The molecule has 2 aromatic heterocycles. The number of methoxy groups -OCH3 is 1. The maximum absolute atomic E-state index is 11.9. The molecule has 106 valence electrons. The Morgan fingerprint density at radius 1 is 1.33 bits per heavy atom. The molecule has 0 aliphatic heterocycles. The van der Waals surface area contributed by atoms with Gasteiger partial charge in [0.25, 0.3) is 5.56 Å². The Bertz CT molecular complexity index is 883. The maximum atomic E-state index is 11.9. The highest BCUT2D eigenvalue weighted by atomic mass is 35.5. The summed E-state index contributed by atoms with van der Waals surface area (Å²) in [7, 11) is 1.24. The van der Waals surface area contributed by atoms with Gasteiger partial charge in [-0.2, -0.15) is 0 Å². The van der Waals surface area contributed by atoms with Gasteiger partial charge in [-0.3, -0.25) is 9.89 Å². The summed E-state index contributed by atoms with van der Waals surface area (Å²) in [6, 6.07) is 6.81. The van der Waals surface area contributed by atoms with E-state index in [4.69, 9.17) is 11.6 Å². The Kier molecular flexibility index (Phi) is 3.19. The van der Waals surface area contributed by atoms with Gasteiger partial charge < -0.3 is 4.74 Å². The molecule has 0 bridgehead atoms. The minimum absolute atomic E-state index is 0.119. The quantitative estimate of drug-likeness (QED) is 0.725. The SMILES string of the molecule is COC(=O)c1ncc2c(=O)[nH]n(-c3ccc(Cl)cc3)c2n1. The second-order valence-corrected chi connectivity index (χ2v) is 4.61. The molecule has 1 aromatic carbocycles. The van der Waals surface area contributed by atoms with Crippen molar-refractivity contribution in [1.82, 2.24) is 19.7 Å². The lowest BCUT2D eigenvalue weighted by atomic mass is 10.3. The molecule has 2 heterocycles. The number of ether oxygens (including phenoxy) is 1. The van der Waals surface area contributed by atoms with Gasteiger partial charge in [-0.15, -0.1) is 0 Å². The smallest absolute Gasteiger partial charge is 0.376 e. The van der Waals surface area contributed by atoms with E-state index in [0.29, 0.717) is 10.7 Å². The van der Waals surface area contributed by atoms with Crippen molar-refractivity contribution in [3.05, 3.63) is 51.7 Å². The van der Waals surface area contributed by atoms with E-state index in [1.807, 2.05) is 0 Å². The Labute approximate surface area is 123 Å². The molecule has 1 N–H and O–H groups in total. The summed E-state index contributed by atoms with van der Waals surface area (Å²) in [5.41, 5.74) is 0.593. The number of nitrogens with one attached hydrogen (secondary N) is 1. The van der Waals surface area contributed by atoms with Crippen LogP contribution in [-0.4, -0.2) is 32.8 Å². The largest absolute Gasteiger partial charge is 0.463 e. The summed E-state index contributed by atoms with van der Waals surface area (Å²) in [4.78, 5) is 31.3. The Hall–Kier alpha value is -2.67. The van der Waals surface area contributed by atoms with Crippen molar-refractivity contribution in [3.63, 3.8) is 0 Å². The predicted molar refractivity (Wildman–Crippen MR) is 75.8 cm³/mol.